The monoisotopic (exact) mass is 477 g/mol. The van der Waals surface area contributed by atoms with Gasteiger partial charge in [-0.25, -0.2) is 13.8 Å². The lowest BCUT2D eigenvalue weighted by Gasteiger charge is -2.17. The van der Waals surface area contributed by atoms with Crippen molar-refractivity contribution in [2.24, 2.45) is 12.8 Å². The van der Waals surface area contributed by atoms with Gasteiger partial charge < -0.3 is 20.9 Å². The summed E-state index contributed by atoms with van der Waals surface area (Å²) in [7, 11) is 1.77. The molecule has 0 bridgehead atoms. The average Bonchev–Trinajstić information content (AvgIpc) is 3.33. The molecule has 3 heterocycles. The molecule has 0 spiro atoms. The second-order valence-electron chi connectivity index (χ2n) is 8.05. The van der Waals surface area contributed by atoms with E-state index in [9.17, 15) is 18.7 Å². The molecule has 4 rings (SSSR count). The fraction of sp³-hybridized carbons (Fsp3) is 0.409. The first-order chi connectivity index (χ1) is 15.8. The quantitative estimate of drug-likeness (QED) is 0.516. The molecular formula is C22H25F2N5O3S. The van der Waals surface area contributed by atoms with Crippen LogP contribution in [0.2, 0.25) is 0 Å². The minimum Gasteiger partial charge on any atom is -0.389 e. The summed E-state index contributed by atoms with van der Waals surface area (Å²) < 4.78 is 36.4. The van der Waals surface area contributed by atoms with Crippen LogP contribution in [0.3, 0.4) is 0 Å². The Bertz CT molecular complexity index is 1160. The average molecular weight is 478 g/mol. The first-order valence-corrected chi connectivity index (χ1v) is 11.5. The Labute approximate surface area is 193 Å². The summed E-state index contributed by atoms with van der Waals surface area (Å²) in [5, 5.41) is 18.2. The van der Waals surface area contributed by atoms with Crippen molar-refractivity contribution in [3.63, 3.8) is 0 Å². The number of aliphatic hydroxyl groups is 1. The number of carbonyl (C=O) groups is 1. The summed E-state index contributed by atoms with van der Waals surface area (Å²) in [4.78, 5) is 17.0. The Kier molecular flexibility index (Phi) is 6.84. The van der Waals surface area contributed by atoms with E-state index in [1.54, 1.807) is 17.9 Å². The first-order valence-electron chi connectivity index (χ1n) is 10.6. The van der Waals surface area contributed by atoms with Crippen molar-refractivity contribution in [3.8, 4) is 10.6 Å². The molecule has 11 heteroatoms. The Morgan fingerprint density at radius 3 is 2.88 bits per heavy atom. The molecule has 3 aromatic rings. The maximum atomic E-state index is 14.5. The Balaban J connectivity index is 1.55. The summed E-state index contributed by atoms with van der Waals surface area (Å²) in [5.74, 6) is -2.75. The molecule has 4 N–H and O–H groups in total. The second kappa shape index (κ2) is 9.64. The van der Waals surface area contributed by atoms with Gasteiger partial charge in [0.05, 0.1) is 23.7 Å². The molecular weight excluding hydrogens is 452 g/mol. The number of nitrogens with zero attached hydrogens (tertiary/aromatic N) is 3. The van der Waals surface area contributed by atoms with E-state index in [-0.39, 0.29) is 34.0 Å². The predicted octanol–water partition coefficient (Wildman–Crippen LogP) is 3.70. The highest BCUT2D eigenvalue weighted by Gasteiger charge is 2.26. The molecule has 1 saturated heterocycles. The molecule has 33 heavy (non-hydrogen) atoms. The number of benzene rings is 1. The second-order valence-corrected chi connectivity index (χ2v) is 8.91. The van der Waals surface area contributed by atoms with Crippen molar-refractivity contribution in [2.45, 2.75) is 44.4 Å². The van der Waals surface area contributed by atoms with Crippen LogP contribution in [0.25, 0.3) is 10.6 Å². The molecule has 2 aromatic heterocycles. The lowest BCUT2D eigenvalue weighted by Crippen LogP contribution is -2.19. The molecule has 8 nitrogen and oxygen atoms in total. The highest BCUT2D eigenvalue weighted by Crippen LogP contribution is 2.33. The first kappa shape index (κ1) is 23.4. The molecule has 0 radical (unpaired) electrons. The number of carbonyl (C=O) groups excluding carboxylic acids is 1. The molecule has 1 aliphatic heterocycles. The minimum atomic E-state index is -1.15. The van der Waals surface area contributed by atoms with E-state index < -0.39 is 23.6 Å². The third-order valence-corrected chi connectivity index (χ3v) is 6.55. The Morgan fingerprint density at radius 2 is 2.12 bits per heavy atom. The van der Waals surface area contributed by atoms with Crippen molar-refractivity contribution in [2.75, 3.05) is 11.9 Å². The van der Waals surface area contributed by atoms with E-state index in [1.165, 1.54) is 24.4 Å². The van der Waals surface area contributed by atoms with Crippen LogP contribution in [0, 0.1) is 11.6 Å². The number of hydrogen-bond acceptors (Lipinski definition) is 7. The van der Waals surface area contributed by atoms with Crippen LogP contribution in [-0.4, -0.2) is 38.4 Å². The highest BCUT2D eigenvalue weighted by molar-refractivity contribution is 7.13. The van der Waals surface area contributed by atoms with Gasteiger partial charge in [-0.1, -0.05) is 6.07 Å². The minimum absolute atomic E-state index is 0.0630. The van der Waals surface area contributed by atoms with Crippen molar-refractivity contribution < 1.29 is 23.4 Å². The number of nitrogens with one attached hydrogen (secondary N) is 1. The fourth-order valence-corrected chi connectivity index (χ4v) is 4.65. The number of aryl methyl sites for hydroxylation is 1. The number of thiazole rings is 1. The zero-order valence-corrected chi connectivity index (χ0v) is 19.0. The van der Waals surface area contributed by atoms with Gasteiger partial charge in [0.15, 0.2) is 11.6 Å². The summed E-state index contributed by atoms with van der Waals surface area (Å²) in [6, 6.07) is 2.73. The van der Waals surface area contributed by atoms with Crippen LogP contribution in [0.1, 0.15) is 60.1 Å². The van der Waals surface area contributed by atoms with E-state index >= 15 is 0 Å². The third-order valence-electron chi connectivity index (χ3n) is 5.67. The topological polar surface area (TPSA) is 115 Å². The third kappa shape index (κ3) is 4.81. The lowest BCUT2D eigenvalue weighted by molar-refractivity contribution is 0.0529. The van der Waals surface area contributed by atoms with E-state index in [0.717, 1.165) is 29.9 Å². The number of aromatic nitrogens is 3. The number of ether oxygens (including phenoxy) is 1. The van der Waals surface area contributed by atoms with Crippen molar-refractivity contribution >= 4 is 22.9 Å². The normalized spacial score (nSPS) is 19.8. The molecule has 0 unspecified atom stereocenters. The van der Waals surface area contributed by atoms with Crippen LogP contribution in [0.4, 0.5) is 14.5 Å². The van der Waals surface area contributed by atoms with Gasteiger partial charge in [0.2, 0.25) is 0 Å². The van der Waals surface area contributed by atoms with Gasteiger partial charge in [0.25, 0.3) is 5.91 Å². The zero-order valence-electron chi connectivity index (χ0n) is 18.2. The fourth-order valence-electron chi connectivity index (χ4n) is 3.84. The van der Waals surface area contributed by atoms with Crippen LogP contribution in [0.15, 0.2) is 23.7 Å². The highest BCUT2D eigenvalue weighted by atomic mass is 32.1. The SMILES string of the molecule is C[C@H](O)c1ccc(-c2nc(C(=O)Nc3cnn(C)c3[C@@H]3CC[C@@H](N)CCO3)cs2)c(F)c1F. The molecule has 1 amide bonds. The van der Waals surface area contributed by atoms with Crippen LogP contribution >= 0.6 is 11.3 Å². The molecule has 0 saturated carbocycles. The van der Waals surface area contributed by atoms with Gasteiger partial charge in [-0.3, -0.25) is 9.48 Å². The largest absolute Gasteiger partial charge is 0.389 e. The van der Waals surface area contributed by atoms with E-state index in [1.807, 2.05) is 0 Å². The Morgan fingerprint density at radius 1 is 1.33 bits per heavy atom. The van der Waals surface area contributed by atoms with Crippen molar-refractivity contribution in [3.05, 3.63) is 52.3 Å². The number of halogens is 2. The van der Waals surface area contributed by atoms with Crippen molar-refractivity contribution in [1.82, 2.24) is 14.8 Å². The summed E-state index contributed by atoms with van der Waals surface area (Å²) >= 11 is 1.02. The van der Waals surface area contributed by atoms with Crippen LogP contribution < -0.4 is 11.1 Å². The van der Waals surface area contributed by atoms with E-state index in [4.69, 9.17) is 10.5 Å². The van der Waals surface area contributed by atoms with Gasteiger partial charge in [0.1, 0.15) is 16.8 Å². The van der Waals surface area contributed by atoms with Crippen LogP contribution in [0.5, 0.6) is 0 Å². The molecule has 3 atom stereocenters. The number of aliphatic hydroxyl groups excluding tert-OH is 1. The predicted molar refractivity (Wildman–Crippen MR) is 120 cm³/mol. The van der Waals surface area contributed by atoms with Gasteiger partial charge in [-0.2, -0.15) is 5.10 Å². The standard InChI is InChI=1S/C22H25F2N5O3S/c1-11(30)13-4-5-14(19(24)18(13)23)22-28-16(10-33-22)21(31)27-15-9-26-29(2)20(15)17-6-3-12(25)7-8-32-17/h4-5,9-12,17,30H,3,6-8,25H2,1-2H3,(H,27,31)/t11-,12+,17-/m0/s1. The molecule has 0 aliphatic carbocycles. The van der Waals surface area contributed by atoms with E-state index in [2.05, 4.69) is 15.4 Å². The maximum Gasteiger partial charge on any atom is 0.275 e. The Hall–Kier alpha value is -2.73. The molecule has 1 aromatic carbocycles. The van der Waals surface area contributed by atoms with E-state index in [0.29, 0.717) is 18.7 Å². The number of rotatable bonds is 5. The maximum absolute atomic E-state index is 14.5. The lowest BCUT2D eigenvalue weighted by atomic mass is 10.1. The number of amides is 1. The van der Waals surface area contributed by atoms with Gasteiger partial charge in [0, 0.05) is 36.2 Å². The number of anilines is 1. The van der Waals surface area contributed by atoms with Gasteiger partial charge >= 0.3 is 0 Å². The van der Waals surface area contributed by atoms with Gasteiger partial charge in [-0.15, -0.1) is 11.3 Å². The molecule has 1 fully saturated rings. The molecule has 1 aliphatic rings. The number of nitrogens with two attached hydrogens (primary N) is 1. The zero-order chi connectivity index (χ0) is 23.7. The number of hydrogen-bond donors (Lipinski definition) is 3. The summed E-state index contributed by atoms with van der Waals surface area (Å²) in [6.07, 6.45) is 2.42. The summed E-state index contributed by atoms with van der Waals surface area (Å²) in [6.45, 7) is 1.88. The smallest absolute Gasteiger partial charge is 0.275 e. The molecule has 176 valence electrons. The van der Waals surface area contributed by atoms with Crippen LogP contribution in [-0.2, 0) is 11.8 Å². The summed E-state index contributed by atoms with van der Waals surface area (Å²) in [5.41, 5.74) is 7.11. The van der Waals surface area contributed by atoms with Gasteiger partial charge in [-0.05, 0) is 32.3 Å². The van der Waals surface area contributed by atoms with Crippen molar-refractivity contribution in [1.29, 1.82) is 0 Å².